The van der Waals surface area contributed by atoms with Gasteiger partial charge in [-0.1, -0.05) is 0 Å². The lowest BCUT2D eigenvalue weighted by Crippen LogP contribution is -2.45. The first-order valence-electron chi connectivity index (χ1n) is 6.08. The van der Waals surface area contributed by atoms with Crippen LogP contribution in [0.25, 0.3) is 11.4 Å². The Morgan fingerprint density at radius 3 is 1.59 bits per heavy atom. The summed E-state index contributed by atoms with van der Waals surface area (Å²) in [6, 6.07) is 4.53. The van der Waals surface area contributed by atoms with E-state index in [9.17, 15) is 0 Å². The summed E-state index contributed by atoms with van der Waals surface area (Å²) in [5.74, 6) is 0. The average molecular weight is 226 g/mol. The Balaban J connectivity index is 2.35. The molecule has 0 saturated carbocycles. The predicted octanol–water partition coefficient (Wildman–Crippen LogP) is 1.98. The zero-order valence-electron chi connectivity index (χ0n) is 10.9. The molecule has 3 heterocycles. The van der Waals surface area contributed by atoms with Crippen LogP contribution >= 0.6 is 0 Å². The summed E-state index contributed by atoms with van der Waals surface area (Å²) in [6.07, 6.45) is 4.48. The van der Waals surface area contributed by atoms with E-state index in [1.807, 2.05) is 0 Å². The van der Waals surface area contributed by atoms with Crippen molar-refractivity contribution in [2.45, 2.75) is 34.4 Å². The summed E-state index contributed by atoms with van der Waals surface area (Å²) in [7, 11) is 0. The Hall–Kier alpha value is -1.70. The third-order valence-electron chi connectivity index (χ3n) is 3.46. The number of aromatic nitrogens is 2. The molecule has 2 aromatic rings. The molecule has 86 valence electrons. The predicted molar refractivity (Wildman–Crippen MR) is 66.6 cm³/mol. The van der Waals surface area contributed by atoms with Gasteiger partial charge in [-0.25, -0.2) is 0 Å². The highest BCUT2D eigenvalue weighted by atomic mass is 15.2. The third-order valence-corrected chi connectivity index (χ3v) is 3.46. The summed E-state index contributed by atoms with van der Waals surface area (Å²) in [5.41, 5.74) is 8.12. The molecule has 0 atom stereocenters. The number of rotatable bonds is 0. The van der Waals surface area contributed by atoms with Crippen molar-refractivity contribution >= 4 is 0 Å². The zero-order valence-corrected chi connectivity index (χ0v) is 10.9. The Kier molecular flexibility index (Phi) is 2.09. The van der Waals surface area contributed by atoms with Crippen molar-refractivity contribution in [3.8, 4) is 11.4 Å². The van der Waals surface area contributed by atoms with E-state index in [0.717, 1.165) is 6.67 Å². The lowest BCUT2D eigenvalue weighted by Gasteiger charge is -1.98. The molecule has 2 nitrogen and oxygen atoms in total. The van der Waals surface area contributed by atoms with Crippen molar-refractivity contribution in [1.29, 1.82) is 0 Å². The Morgan fingerprint density at radius 2 is 1.18 bits per heavy atom. The minimum atomic E-state index is 0.940. The van der Waals surface area contributed by atoms with E-state index in [-0.39, 0.29) is 0 Å². The van der Waals surface area contributed by atoms with Crippen molar-refractivity contribution < 1.29 is 9.13 Å². The van der Waals surface area contributed by atoms with Crippen LogP contribution in [0.3, 0.4) is 0 Å². The Morgan fingerprint density at radius 1 is 0.765 bits per heavy atom. The molecular formula is C15H18N2+2. The largest absolute Gasteiger partial charge is 0.345 e. The van der Waals surface area contributed by atoms with Crippen molar-refractivity contribution in [2.75, 3.05) is 0 Å². The summed E-state index contributed by atoms with van der Waals surface area (Å²) < 4.78 is 4.71. The van der Waals surface area contributed by atoms with E-state index < -0.39 is 0 Å². The number of hydrogen-bond acceptors (Lipinski definition) is 0. The molecule has 0 saturated heterocycles. The molecule has 2 heteroatoms. The molecule has 2 aromatic heterocycles. The van der Waals surface area contributed by atoms with Gasteiger partial charge in [0.05, 0.1) is 0 Å². The van der Waals surface area contributed by atoms with Crippen LogP contribution in [0, 0.1) is 27.7 Å². The fourth-order valence-electron chi connectivity index (χ4n) is 3.00. The van der Waals surface area contributed by atoms with Crippen LogP contribution in [0.5, 0.6) is 0 Å². The number of nitrogens with zero attached hydrogens (tertiary/aromatic N) is 2. The van der Waals surface area contributed by atoms with Gasteiger partial charge in [-0.3, -0.25) is 0 Å². The lowest BCUT2D eigenvalue weighted by molar-refractivity contribution is -0.877. The van der Waals surface area contributed by atoms with Gasteiger partial charge < -0.3 is 0 Å². The van der Waals surface area contributed by atoms with Crippen LogP contribution in [0.1, 0.15) is 22.3 Å². The second-order valence-electron chi connectivity index (χ2n) is 5.18. The van der Waals surface area contributed by atoms with E-state index in [1.54, 1.807) is 0 Å². The van der Waals surface area contributed by atoms with Crippen LogP contribution in [-0.2, 0) is 6.67 Å². The molecule has 1 aliphatic rings. The molecule has 0 bridgehead atoms. The molecule has 0 N–H and O–H groups in total. The zero-order chi connectivity index (χ0) is 12.2. The highest BCUT2D eigenvalue weighted by Gasteiger charge is 2.37. The first-order chi connectivity index (χ1) is 8.06. The van der Waals surface area contributed by atoms with Gasteiger partial charge >= 0.3 is 6.67 Å². The molecule has 0 aliphatic carbocycles. The van der Waals surface area contributed by atoms with Crippen molar-refractivity contribution in [1.82, 2.24) is 0 Å². The number of pyridine rings is 2. The van der Waals surface area contributed by atoms with Gasteiger partial charge in [0.15, 0.2) is 12.4 Å². The van der Waals surface area contributed by atoms with Crippen LogP contribution in [0.2, 0.25) is 0 Å². The normalized spacial score (nSPS) is 12.5. The van der Waals surface area contributed by atoms with E-state index in [4.69, 9.17) is 0 Å². The van der Waals surface area contributed by atoms with Gasteiger partial charge in [0.25, 0.3) is 11.4 Å². The van der Waals surface area contributed by atoms with Crippen LogP contribution in [0.4, 0.5) is 0 Å². The van der Waals surface area contributed by atoms with E-state index in [0.29, 0.717) is 0 Å². The third kappa shape index (κ3) is 1.47. The van der Waals surface area contributed by atoms with Crippen LogP contribution in [-0.4, -0.2) is 0 Å². The summed E-state index contributed by atoms with van der Waals surface area (Å²) in [5, 5.41) is 0. The first-order valence-corrected chi connectivity index (χ1v) is 6.08. The topological polar surface area (TPSA) is 7.76 Å². The van der Waals surface area contributed by atoms with Gasteiger partial charge in [-0.2, -0.15) is 0 Å². The molecular weight excluding hydrogens is 208 g/mol. The van der Waals surface area contributed by atoms with Crippen molar-refractivity contribution in [3.63, 3.8) is 0 Å². The second-order valence-corrected chi connectivity index (χ2v) is 5.18. The highest BCUT2D eigenvalue weighted by Crippen LogP contribution is 2.23. The van der Waals surface area contributed by atoms with E-state index >= 15 is 0 Å². The van der Waals surface area contributed by atoms with Gasteiger partial charge in [-0.05, 0) is 39.8 Å². The summed E-state index contributed by atoms with van der Waals surface area (Å²) >= 11 is 0. The second kappa shape index (κ2) is 3.39. The maximum absolute atomic E-state index is 2.35. The lowest BCUT2D eigenvalue weighted by atomic mass is 10.1. The maximum Gasteiger partial charge on any atom is 0.345 e. The molecule has 17 heavy (non-hydrogen) atoms. The monoisotopic (exact) mass is 226 g/mol. The minimum Gasteiger partial charge on any atom is -0.133 e. The number of aryl methyl sites for hydroxylation is 4. The molecule has 0 radical (unpaired) electrons. The quantitative estimate of drug-likeness (QED) is 0.518. The smallest absolute Gasteiger partial charge is 0.133 e. The number of fused-ring (bicyclic) bond motifs is 3. The van der Waals surface area contributed by atoms with Crippen LogP contribution in [0.15, 0.2) is 24.5 Å². The standard InChI is InChI=1S/C15H18N2/c1-10-5-12(3)14-15-13(4)6-11(2)8-17(15)9-16(14)7-10/h5-8H,9H2,1-4H3/q+2. The maximum atomic E-state index is 2.35. The number of hydrogen-bond donors (Lipinski definition) is 0. The van der Waals surface area contributed by atoms with Gasteiger partial charge in [0.2, 0.25) is 0 Å². The molecule has 0 unspecified atom stereocenters. The van der Waals surface area contributed by atoms with Crippen molar-refractivity contribution in [3.05, 3.63) is 46.8 Å². The molecule has 0 aromatic carbocycles. The van der Waals surface area contributed by atoms with Gasteiger partial charge in [0.1, 0.15) is 0 Å². The molecule has 1 aliphatic heterocycles. The fraction of sp³-hybridized carbons (Fsp3) is 0.333. The van der Waals surface area contributed by atoms with E-state index in [2.05, 4.69) is 61.4 Å². The Bertz CT molecular complexity index is 572. The molecule has 0 fully saturated rings. The summed E-state index contributed by atoms with van der Waals surface area (Å²) in [4.78, 5) is 0. The minimum absolute atomic E-state index is 0.940. The molecule has 3 rings (SSSR count). The van der Waals surface area contributed by atoms with Crippen LogP contribution < -0.4 is 9.13 Å². The average Bonchev–Trinajstić information content (AvgIpc) is 2.55. The van der Waals surface area contributed by atoms with Crippen molar-refractivity contribution in [2.24, 2.45) is 0 Å². The SMILES string of the molecule is Cc1cc(C)c2[n+](c1)C[n+]1cc(C)cc(C)c1-2. The Labute approximate surface area is 102 Å². The molecule has 0 spiro atoms. The van der Waals surface area contributed by atoms with Gasteiger partial charge in [0, 0.05) is 22.3 Å². The highest BCUT2D eigenvalue weighted by molar-refractivity contribution is 5.57. The van der Waals surface area contributed by atoms with Gasteiger partial charge in [-0.15, -0.1) is 9.13 Å². The molecule has 0 amide bonds. The summed E-state index contributed by atoms with van der Waals surface area (Å²) in [6.45, 7) is 9.66. The first kappa shape index (κ1) is 10.5. The van der Waals surface area contributed by atoms with E-state index in [1.165, 1.54) is 33.6 Å². The fourth-order valence-corrected chi connectivity index (χ4v) is 3.00.